The zero-order valence-electron chi connectivity index (χ0n) is 19.8. The first-order valence-electron chi connectivity index (χ1n) is 12.5. The van der Waals surface area contributed by atoms with Crippen LogP contribution < -0.4 is 20.1 Å². The highest BCUT2D eigenvalue weighted by atomic mass is 16.5. The molecule has 0 heterocycles. The summed E-state index contributed by atoms with van der Waals surface area (Å²) in [6.07, 6.45) is 12.2. The molecular weight excluding hydrogens is 404 g/mol. The van der Waals surface area contributed by atoms with Crippen molar-refractivity contribution in [3.8, 4) is 11.5 Å². The summed E-state index contributed by atoms with van der Waals surface area (Å²) in [5, 5.41) is 6.28. The van der Waals surface area contributed by atoms with Crippen molar-refractivity contribution in [3.05, 3.63) is 18.2 Å². The number of rotatable bonds is 10. The minimum atomic E-state index is -0.0452. The van der Waals surface area contributed by atoms with Gasteiger partial charge in [-0.2, -0.15) is 0 Å². The van der Waals surface area contributed by atoms with Gasteiger partial charge in [-0.3, -0.25) is 9.59 Å². The molecule has 2 N–H and O–H groups in total. The lowest BCUT2D eigenvalue weighted by Crippen LogP contribution is -2.40. The van der Waals surface area contributed by atoms with Gasteiger partial charge in [0.2, 0.25) is 11.8 Å². The average Bonchev–Trinajstić information content (AvgIpc) is 2.81. The third-order valence-corrected chi connectivity index (χ3v) is 6.86. The number of anilines is 1. The Morgan fingerprint density at radius 3 is 2.47 bits per heavy atom. The van der Waals surface area contributed by atoms with Crippen LogP contribution in [-0.2, 0) is 9.59 Å². The number of carbonyl (C=O) groups is 2. The topological polar surface area (TPSA) is 76.7 Å². The van der Waals surface area contributed by atoms with Crippen molar-refractivity contribution in [2.75, 3.05) is 19.0 Å². The van der Waals surface area contributed by atoms with Gasteiger partial charge in [-0.1, -0.05) is 32.6 Å². The molecule has 0 spiro atoms. The minimum Gasteiger partial charge on any atom is -0.497 e. The molecule has 6 heteroatoms. The fourth-order valence-electron chi connectivity index (χ4n) is 4.86. The van der Waals surface area contributed by atoms with E-state index in [-0.39, 0.29) is 23.8 Å². The van der Waals surface area contributed by atoms with Gasteiger partial charge < -0.3 is 20.1 Å². The van der Waals surface area contributed by atoms with E-state index in [2.05, 4.69) is 17.6 Å². The van der Waals surface area contributed by atoms with Gasteiger partial charge >= 0.3 is 0 Å². The first-order chi connectivity index (χ1) is 15.6. The number of amides is 2. The molecular formula is C26H40N2O4. The maximum Gasteiger partial charge on any atom is 0.227 e. The van der Waals surface area contributed by atoms with E-state index in [1.165, 1.54) is 32.1 Å². The van der Waals surface area contributed by atoms with Crippen LogP contribution in [0.2, 0.25) is 0 Å². The second-order valence-electron chi connectivity index (χ2n) is 9.38. The number of unbranched alkanes of at least 4 members (excludes halogenated alkanes) is 1. The van der Waals surface area contributed by atoms with E-state index in [9.17, 15) is 9.59 Å². The molecule has 2 saturated carbocycles. The summed E-state index contributed by atoms with van der Waals surface area (Å²) in [7, 11) is 1.61. The molecule has 1 aromatic rings. The summed E-state index contributed by atoms with van der Waals surface area (Å²) in [4.78, 5) is 25.4. The second-order valence-corrected chi connectivity index (χ2v) is 9.38. The first kappa shape index (κ1) is 24.4. The standard InChI is InChI=1S/C26H40N2O4/c1-3-4-16-32-24-15-14-22(31-2)18-23(24)28-26(30)20-10-12-21(13-11-20)27-25(29)17-19-8-6-5-7-9-19/h14-15,18-21H,3-13,16-17H2,1-2H3,(H,27,29)(H,28,30). The molecule has 32 heavy (non-hydrogen) atoms. The van der Waals surface area contributed by atoms with Gasteiger partial charge in [-0.25, -0.2) is 0 Å². The van der Waals surface area contributed by atoms with Crippen LogP contribution in [0.25, 0.3) is 0 Å². The number of ether oxygens (including phenoxy) is 2. The Balaban J connectivity index is 1.47. The lowest BCUT2D eigenvalue weighted by atomic mass is 9.84. The monoisotopic (exact) mass is 444 g/mol. The van der Waals surface area contributed by atoms with Gasteiger partial charge in [0.05, 0.1) is 19.4 Å². The van der Waals surface area contributed by atoms with Crippen LogP contribution in [0.4, 0.5) is 5.69 Å². The Morgan fingerprint density at radius 2 is 1.78 bits per heavy atom. The minimum absolute atomic E-state index is 0.0191. The Morgan fingerprint density at radius 1 is 1.03 bits per heavy atom. The summed E-state index contributed by atoms with van der Waals surface area (Å²) in [5.41, 5.74) is 0.661. The van der Waals surface area contributed by atoms with Gasteiger partial charge in [-0.15, -0.1) is 0 Å². The van der Waals surface area contributed by atoms with Crippen LogP contribution >= 0.6 is 0 Å². The van der Waals surface area contributed by atoms with Crippen molar-refractivity contribution in [2.45, 2.75) is 90.0 Å². The predicted molar refractivity (Wildman–Crippen MR) is 127 cm³/mol. The summed E-state index contributed by atoms with van der Waals surface area (Å²) in [5.74, 6) is 2.09. The van der Waals surface area contributed by atoms with Gasteiger partial charge in [-0.05, 0) is 63.0 Å². The maximum atomic E-state index is 12.9. The molecule has 2 aliphatic carbocycles. The number of nitrogens with one attached hydrogen (secondary N) is 2. The highest BCUT2D eigenvalue weighted by Crippen LogP contribution is 2.32. The Labute approximate surface area is 192 Å². The molecule has 178 valence electrons. The lowest BCUT2D eigenvalue weighted by Gasteiger charge is -2.29. The van der Waals surface area contributed by atoms with Gasteiger partial charge in [0, 0.05) is 24.4 Å². The number of carbonyl (C=O) groups excluding carboxylic acids is 2. The van der Waals surface area contributed by atoms with Crippen LogP contribution in [0.3, 0.4) is 0 Å². The van der Waals surface area contributed by atoms with Gasteiger partial charge in [0.25, 0.3) is 0 Å². The molecule has 6 nitrogen and oxygen atoms in total. The van der Waals surface area contributed by atoms with Crippen molar-refractivity contribution in [1.82, 2.24) is 5.32 Å². The molecule has 0 saturated heterocycles. The quantitative estimate of drug-likeness (QED) is 0.470. The summed E-state index contributed by atoms with van der Waals surface area (Å²) >= 11 is 0. The van der Waals surface area contributed by atoms with Crippen molar-refractivity contribution in [2.24, 2.45) is 11.8 Å². The number of hydrogen-bond acceptors (Lipinski definition) is 4. The maximum absolute atomic E-state index is 12.9. The van der Waals surface area contributed by atoms with Crippen LogP contribution in [0.5, 0.6) is 11.5 Å². The fourth-order valence-corrected chi connectivity index (χ4v) is 4.86. The van der Waals surface area contributed by atoms with Gasteiger partial charge in [0.15, 0.2) is 0 Å². The molecule has 0 bridgehead atoms. The second kappa shape index (κ2) is 12.7. The zero-order valence-corrected chi connectivity index (χ0v) is 19.8. The van der Waals surface area contributed by atoms with E-state index in [4.69, 9.17) is 9.47 Å². The van der Waals surface area contributed by atoms with E-state index in [0.717, 1.165) is 38.5 Å². The van der Waals surface area contributed by atoms with Gasteiger partial charge in [0.1, 0.15) is 11.5 Å². The molecule has 2 fully saturated rings. The molecule has 2 amide bonds. The highest BCUT2D eigenvalue weighted by molar-refractivity contribution is 5.94. The molecule has 0 atom stereocenters. The third-order valence-electron chi connectivity index (χ3n) is 6.86. The van der Waals surface area contributed by atoms with Crippen LogP contribution in [-0.4, -0.2) is 31.6 Å². The molecule has 1 aromatic carbocycles. The first-order valence-corrected chi connectivity index (χ1v) is 12.5. The molecule has 0 radical (unpaired) electrons. The fraction of sp³-hybridized carbons (Fsp3) is 0.692. The number of hydrogen-bond donors (Lipinski definition) is 2. The van der Waals surface area contributed by atoms with Crippen LogP contribution in [0.15, 0.2) is 18.2 Å². The van der Waals surface area contributed by atoms with Crippen LogP contribution in [0.1, 0.15) is 84.0 Å². The van der Waals surface area contributed by atoms with E-state index in [0.29, 0.717) is 36.1 Å². The third kappa shape index (κ3) is 7.42. The number of methoxy groups -OCH3 is 1. The van der Waals surface area contributed by atoms with E-state index < -0.39 is 0 Å². The van der Waals surface area contributed by atoms with Crippen molar-refractivity contribution < 1.29 is 19.1 Å². The number of benzene rings is 1. The molecule has 2 aliphatic rings. The van der Waals surface area contributed by atoms with E-state index >= 15 is 0 Å². The zero-order chi connectivity index (χ0) is 22.8. The van der Waals surface area contributed by atoms with E-state index in [1.807, 2.05) is 18.2 Å². The lowest BCUT2D eigenvalue weighted by molar-refractivity contribution is -0.123. The Kier molecular flexibility index (Phi) is 9.69. The highest BCUT2D eigenvalue weighted by Gasteiger charge is 2.28. The smallest absolute Gasteiger partial charge is 0.227 e. The van der Waals surface area contributed by atoms with E-state index in [1.54, 1.807) is 7.11 Å². The average molecular weight is 445 g/mol. The van der Waals surface area contributed by atoms with Crippen molar-refractivity contribution in [3.63, 3.8) is 0 Å². The molecule has 3 rings (SSSR count). The normalized spacial score (nSPS) is 21.6. The Bertz CT molecular complexity index is 737. The summed E-state index contributed by atoms with van der Waals surface area (Å²) < 4.78 is 11.2. The van der Waals surface area contributed by atoms with Crippen molar-refractivity contribution in [1.29, 1.82) is 0 Å². The summed E-state index contributed by atoms with van der Waals surface area (Å²) in [6, 6.07) is 5.71. The largest absolute Gasteiger partial charge is 0.497 e. The summed E-state index contributed by atoms with van der Waals surface area (Å²) in [6.45, 7) is 2.74. The SMILES string of the molecule is CCCCOc1ccc(OC)cc1NC(=O)C1CCC(NC(=O)CC2CCCCC2)CC1. The predicted octanol–water partition coefficient (Wildman–Crippen LogP) is 5.46. The van der Waals surface area contributed by atoms with Crippen LogP contribution in [0, 0.1) is 11.8 Å². The Hall–Kier alpha value is -2.24. The van der Waals surface area contributed by atoms with Crippen molar-refractivity contribution >= 4 is 17.5 Å². The molecule has 0 aromatic heterocycles. The molecule has 0 unspecified atom stereocenters. The molecule has 0 aliphatic heterocycles.